The van der Waals surface area contributed by atoms with Crippen LogP contribution in [0.3, 0.4) is 0 Å². The lowest BCUT2D eigenvalue weighted by Crippen LogP contribution is -1.98. The Balaban J connectivity index is 2.17. The maximum atomic E-state index is 11.1. The fraction of sp³-hybridized carbons (Fsp3) is 0.0714. The van der Waals surface area contributed by atoms with Crippen LogP contribution in [0.15, 0.2) is 51.8 Å². The van der Waals surface area contributed by atoms with Crippen molar-refractivity contribution in [2.24, 2.45) is 0 Å². The maximum absolute atomic E-state index is 11.1. The van der Waals surface area contributed by atoms with Gasteiger partial charge in [-0.2, -0.15) is 0 Å². The summed E-state index contributed by atoms with van der Waals surface area (Å²) >= 11 is 11.0. The number of hydrogen-bond donors (Lipinski definition) is 1. The highest BCUT2D eigenvalue weighted by Gasteiger charge is 2.10. The van der Waals surface area contributed by atoms with Gasteiger partial charge >= 0.3 is 5.97 Å². The summed E-state index contributed by atoms with van der Waals surface area (Å²) in [4.78, 5) is 11.8. The number of rotatable bonds is 4. The first-order valence-corrected chi connectivity index (χ1v) is 7.62. The third kappa shape index (κ3) is 3.75. The number of aromatic carboxylic acids is 1. The van der Waals surface area contributed by atoms with E-state index >= 15 is 0 Å². The van der Waals surface area contributed by atoms with Crippen LogP contribution in [-0.4, -0.2) is 11.1 Å². The molecule has 0 spiro atoms. The summed E-state index contributed by atoms with van der Waals surface area (Å²) in [5.74, 6) is -0.277. The number of carboxylic acids is 1. The summed E-state index contributed by atoms with van der Waals surface area (Å²) in [6.45, 7) is 0. The molecule has 0 radical (unpaired) electrons. The van der Waals surface area contributed by atoms with Gasteiger partial charge in [0.25, 0.3) is 0 Å². The maximum Gasteiger partial charge on any atom is 0.336 e. The lowest BCUT2D eigenvalue weighted by atomic mass is 10.2. The number of benzene rings is 2. The molecule has 0 atom stereocenters. The van der Waals surface area contributed by atoms with Crippen molar-refractivity contribution < 1.29 is 9.90 Å². The van der Waals surface area contributed by atoms with Crippen LogP contribution in [0.5, 0.6) is 0 Å². The van der Waals surface area contributed by atoms with Crippen LogP contribution in [0.2, 0.25) is 5.02 Å². The van der Waals surface area contributed by atoms with Gasteiger partial charge < -0.3 is 5.11 Å². The minimum absolute atomic E-state index is 0.320. The van der Waals surface area contributed by atoms with Crippen LogP contribution in [0.25, 0.3) is 0 Å². The standard InChI is InChI=1S/C14H10BrClO2S/c15-10-6-5-9(12(16)7-10)8-19-13-4-2-1-3-11(13)14(17)18/h1-7H,8H2,(H,17,18). The zero-order valence-corrected chi connectivity index (χ0v) is 12.9. The molecule has 2 nitrogen and oxygen atoms in total. The summed E-state index contributed by atoms with van der Waals surface area (Å²) in [5, 5.41) is 9.78. The van der Waals surface area contributed by atoms with Crippen molar-refractivity contribution in [3.63, 3.8) is 0 Å². The summed E-state index contributed by atoms with van der Waals surface area (Å²) in [7, 11) is 0. The lowest BCUT2D eigenvalue weighted by molar-refractivity contribution is 0.0693. The molecule has 1 N–H and O–H groups in total. The molecule has 2 rings (SSSR count). The summed E-state index contributed by atoms with van der Waals surface area (Å²) in [5.41, 5.74) is 1.30. The Morgan fingerprint density at radius 1 is 1.26 bits per heavy atom. The summed E-state index contributed by atoms with van der Waals surface area (Å²) in [6.07, 6.45) is 0. The predicted molar refractivity (Wildman–Crippen MR) is 82.1 cm³/mol. The van der Waals surface area contributed by atoms with Crippen molar-refractivity contribution in [3.8, 4) is 0 Å². The first-order chi connectivity index (χ1) is 9.08. The zero-order chi connectivity index (χ0) is 13.8. The van der Waals surface area contributed by atoms with Crippen LogP contribution in [0.4, 0.5) is 0 Å². The molecular weight excluding hydrogens is 348 g/mol. The van der Waals surface area contributed by atoms with E-state index < -0.39 is 5.97 Å². The quantitative estimate of drug-likeness (QED) is 0.774. The van der Waals surface area contributed by atoms with Gasteiger partial charge in [-0.05, 0) is 29.8 Å². The monoisotopic (exact) mass is 356 g/mol. The second-order valence-electron chi connectivity index (χ2n) is 3.83. The van der Waals surface area contributed by atoms with Gasteiger partial charge in [-0.3, -0.25) is 0 Å². The van der Waals surface area contributed by atoms with Gasteiger partial charge in [0.15, 0.2) is 0 Å². The smallest absolute Gasteiger partial charge is 0.336 e. The Labute approximate surface area is 128 Å². The largest absolute Gasteiger partial charge is 0.478 e. The van der Waals surface area contributed by atoms with Gasteiger partial charge in [0.2, 0.25) is 0 Å². The fourth-order valence-electron chi connectivity index (χ4n) is 1.56. The van der Waals surface area contributed by atoms with Gasteiger partial charge in [-0.15, -0.1) is 11.8 Å². The van der Waals surface area contributed by atoms with Crippen LogP contribution in [0, 0.1) is 0 Å². The molecule has 0 saturated heterocycles. The van der Waals surface area contributed by atoms with Crippen LogP contribution in [-0.2, 0) is 5.75 Å². The highest BCUT2D eigenvalue weighted by atomic mass is 79.9. The molecule has 2 aromatic carbocycles. The van der Waals surface area contributed by atoms with Crippen molar-refractivity contribution in [2.45, 2.75) is 10.6 Å². The molecule has 0 fully saturated rings. The van der Waals surface area contributed by atoms with Gasteiger partial charge in [0, 0.05) is 20.1 Å². The highest BCUT2D eigenvalue weighted by Crippen LogP contribution is 2.30. The molecule has 5 heteroatoms. The Morgan fingerprint density at radius 2 is 2.00 bits per heavy atom. The SMILES string of the molecule is O=C(O)c1ccccc1SCc1ccc(Br)cc1Cl. The number of carbonyl (C=O) groups is 1. The molecule has 0 bridgehead atoms. The average Bonchev–Trinajstić information content (AvgIpc) is 2.38. The van der Waals surface area contributed by atoms with Crippen molar-refractivity contribution in [1.29, 1.82) is 0 Å². The van der Waals surface area contributed by atoms with E-state index in [9.17, 15) is 4.79 Å². The van der Waals surface area contributed by atoms with Crippen molar-refractivity contribution >= 4 is 45.3 Å². The predicted octanol–water partition coefficient (Wildman–Crippen LogP) is 5.09. The average molecular weight is 358 g/mol. The van der Waals surface area contributed by atoms with Crippen LogP contribution >= 0.6 is 39.3 Å². The Hall–Kier alpha value is -0.970. The molecule has 0 saturated carbocycles. The van der Waals surface area contributed by atoms with Gasteiger partial charge in [0.1, 0.15) is 0 Å². The van der Waals surface area contributed by atoms with Gasteiger partial charge in [-0.25, -0.2) is 4.79 Å². The van der Waals surface area contributed by atoms with E-state index in [0.29, 0.717) is 16.3 Å². The second-order valence-corrected chi connectivity index (χ2v) is 6.17. The molecule has 19 heavy (non-hydrogen) atoms. The van der Waals surface area contributed by atoms with Crippen molar-refractivity contribution in [3.05, 3.63) is 63.1 Å². The molecule has 0 aliphatic rings. The first-order valence-electron chi connectivity index (χ1n) is 5.47. The van der Waals surface area contributed by atoms with Gasteiger partial charge in [-0.1, -0.05) is 45.7 Å². The minimum Gasteiger partial charge on any atom is -0.478 e. The Morgan fingerprint density at radius 3 is 2.68 bits per heavy atom. The lowest BCUT2D eigenvalue weighted by Gasteiger charge is -2.07. The molecule has 0 aliphatic carbocycles. The second kappa shape index (κ2) is 6.46. The number of carboxylic acid groups (broad SMARTS) is 1. The third-order valence-electron chi connectivity index (χ3n) is 2.52. The first kappa shape index (κ1) is 14.4. The molecule has 0 heterocycles. The van der Waals surface area contributed by atoms with E-state index in [1.807, 2.05) is 24.3 Å². The van der Waals surface area contributed by atoms with E-state index in [-0.39, 0.29) is 0 Å². The molecule has 0 unspecified atom stereocenters. The van der Waals surface area contributed by atoms with E-state index in [2.05, 4.69) is 15.9 Å². The van der Waals surface area contributed by atoms with Crippen LogP contribution < -0.4 is 0 Å². The number of thioether (sulfide) groups is 1. The molecular formula is C14H10BrClO2S. The van der Waals surface area contributed by atoms with E-state index in [1.165, 1.54) is 11.8 Å². The summed E-state index contributed by atoms with van der Waals surface area (Å²) < 4.78 is 0.928. The fourth-order valence-corrected chi connectivity index (χ4v) is 3.43. The topological polar surface area (TPSA) is 37.3 Å². The van der Waals surface area contributed by atoms with Crippen molar-refractivity contribution in [2.75, 3.05) is 0 Å². The molecule has 0 aliphatic heterocycles. The van der Waals surface area contributed by atoms with E-state index in [4.69, 9.17) is 16.7 Å². The van der Waals surface area contributed by atoms with Gasteiger partial charge in [0.05, 0.1) is 5.56 Å². The van der Waals surface area contributed by atoms with Crippen molar-refractivity contribution in [1.82, 2.24) is 0 Å². The van der Waals surface area contributed by atoms with E-state index in [0.717, 1.165) is 14.9 Å². The minimum atomic E-state index is -0.912. The Kier molecular flexibility index (Phi) is 4.91. The molecule has 98 valence electrons. The number of hydrogen-bond acceptors (Lipinski definition) is 2. The molecule has 2 aromatic rings. The van der Waals surface area contributed by atoms with Crippen LogP contribution in [0.1, 0.15) is 15.9 Å². The zero-order valence-electron chi connectivity index (χ0n) is 9.77. The molecule has 0 amide bonds. The summed E-state index contributed by atoms with van der Waals surface area (Å²) in [6, 6.07) is 12.7. The Bertz CT molecular complexity index is 616. The third-order valence-corrected chi connectivity index (χ3v) is 4.48. The van der Waals surface area contributed by atoms with E-state index in [1.54, 1.807) is 18.2 Å². The number of halogens is 2. The molecule has 0 aromatic heterocycles. The highest BCUT2D eigenvalue weighted by molar-refractivity contribution is 9.10. The normalized spacial score (nSPS) is 10.4.